The molecule has 3 aromatic rings. The monoisotopic (exact) mass is 408 g/mol. The first-order valence-electron chi connectivity index (χ1n) is 9.36. The van der Waals surface area contributed by atoms with Crippen molar-refractivity contribution in [3.8, 4) is 17.2 Å². The van der Waals surface area contributed by atoms with Crippen molar-refractivity contribution in [2.75, 3.05) is 21.3 Å². The van der Waals surface area contributed by atoms with E-state index in [-0.39, 0.29) is 5.91 Å². The topological polar surface area (TPSA) is 85.9 Å². The zero-order chi connectivity index (χ0) is 21.7. The minimum atomic E-state index is -0.474. The second kappa shape index (κ2) is 9.17. The summed E-state index contributed by atoms with van der Waals surface area (Å²) in [6, 6.07) is 16.3. The molecule has 7 nitrogen and oxygen atoms in total. The van der Waals surface area contributed by atoms with Crippen LogP contribution < -0.4 is 25.1 Å². The maximum atomic E-state index is 12.6. The SMILES string of the molecule is COc1cc(OC)cc(C(=O)NNC(=O)[C@@H](C)c2ccc3cc(OC)ccc3c2)c1. The molecular formula is C23H24N2O5. The maximum absolute atomic E-state index is 12.6. The van der Waals surface area contributed by atoms with Gasteiger partial charge in [-0.3, -0.25) is 20.4 Å². The summed E-state index contributed by atoms with van der Waals surface area (Å²) in [6.07, 6.45) is 0. The van der Waals surface area contributed by atoms with Gasteiger partial charge in [0, 0.05) is 11.6 Å². The molecule has 1 atom stereocenters. The van der Waals surface area contributed by atoms with Crippen LogP contribution in [0.3, 0.4) is 0 Å². The van der Waals surface area contributed by atoms with Crippen molar-refractivity contribution in [3.63, 3.8) is 0 Å². The highest BCUT2D eigenvalue weighted by atomic mass is 16.5. The first-order valence-corrected chi connectivity index (χ1v) is 9.36. The molecule has 0 saturated heterocycles. The summed E-state index contributed by atoms with van der Waals surface area (Å²) in [6.45, 7) is 1.78. The fourth-order valence-corrected chi connectivity index (χ4v) is 3.03. The van der Waals surface area contributed by atoms with Crippen molar-refractivity contribution < 1.29 is 23.8 Å². The predicted molar refractivity (Wildman–Crippen MR) is 114 cm³/mol. The van der Waals surface area contributed by atoms with Gasteiger partial charge in [0.2, 0.25) is 5.91 Å². The van der Waals surface area contributed by atoms with Crippen molar-refractivity contribution in [2.24, 2.45) is 0 Å². The Kier molecular flexibility index (Phi) is 6.41. The van der Waals surface area contributed by atoms with Gasteiger partial charge in [-0.05, 0) is 47.5 Å². The average molecular weight is 408 g/mol. The van der Waals surface area contributed by atoms with Gasteiger partial charge in [-0.15, -0.1) is 0 Å². The number of methoxy groups -OCH3 is 3. The van der Waals surface area contributed by atoms with E-state index >= 15 is 0 Å². The first-order chi connectivity index (χ1) is 14.4. The molecule has 3 rings (SSSR count). The van der Waals surface area contributed by atoms with Crippen LogP contribution in [0.5, 0.6) is 17.2 Å². The standard InChI is InChI=1S/C23H24N2O5/c1-14(15-5-6-17-10-19(28-2)8-7-16(17)9-15)22(26)24-25-23(27)18-11-20(29-3)13-21(12-18)30-4/h5-14H,1-4H3,(H,24,26)(H,25,27)/t14-/m0/s1. The Morgan fingerprint density at radius 3 is 1.97 bits per heavy atom. The third-order valence-corrected chi connectivity index (χ3v) is 4.88. The summed E-state index contributed by atoms with van der Waals surface area (Å²) >= 11 is 0. The van der Waals surface area contributed by atoms with Crippen molar-refractivity contribution in [1.29, 1.82) is 0 Å². The number of hydrazine groups is 1. The molecule has 156 valence electrons. The predicted octanol–water partition coefficient (Wildman–Crippen LogP) is 3.43. The molecule has 0 spiro atoms. The lowest BCUT2D eigenvalue weighted by molar-refractivity contribution is -0.123. The van der Waals surface area contributed by atoms with Gasteiger partial charge in [-0.2, -0.15) is 0 Å². The molecule has 0 aliphatic rings. The number of amides is 2. The number of benzene rings is 3. The maximum Gasteiger partial charge on any atom is 0.269 e. The highest BCUT2D eigenvalue weighted by molar-refractivity contribution is 5.97. The van der Waals surface area contributed by atoms with Gasteiger partial charge in [0.1, 0.15) is 17.2 Å². The smallest absolute Gasteiger partial charge is 0.269 e. The number of hydrogen-bond donors (Lipinski definition) is 2. The minimum absolute atomic E-state index is 0.304. The van der Waals surface area contributed by atoms with Crippen LogP contribution in [0, 0.1) is 0 Å². The number of hydrogen-bond acceptors (Lipinski definition) is 5. The van der Waals surface area contributed by atoms with Crippen LogP contribution in [0.15, 0.2) is 54.6 Å². The average Bonchev–Trinajstić information content (AvgIpc) is 2.80. The molecule has 0 aliphatic carbocycles. The highest BCUT2D eigenvalue weighted by Gasteiger charge is 2.17. The van der Waals surface area contributed by atoms with Gasteiger partial charge in [-0.1, -0.05) is 24.3 Å². The van der Waals surface area contributed by atoms with E-state index in [1.54, 1.807) is 32.2 Å². The van der Waals surface area contributed by atoms with Crippen molar-refractivity contribution >= 4 is 22.6 Å². The third kappa shape index (κ3) is 4.63. The Bertz CT molecular complexity index is 1060. The molecular weight excluding hydrogens is 384 g/mol. The van der Waals surface area contributed by atoms with Gasteiger partial charge < -0.3 is 14.2 Å². The Morgan fingerprint density at radius 1 is 0.733 bits per heavy atom. The quantitative estimate of drug-likeness (QED) is 0.611. The summed E-state index contributed by atoms with van der Waals surface area (Å²) in [4.78, 5) is 25.0. The lowest BCUT2D eigenvalue weighted by atomic mass is 9.97. The molecule has 0 bridgehead atoms. The fourth-order valence-electron chi connectivity index (χ4n) is 3.03. The fraction of sp³-hybridized carbons (Fsp3) is 0.217. The second-order valence-corrected chi connectivity index (χ2v) is 6.74. The number of nitrogens with one attached hydrogen (secondary N) is 2. The van der Waals surface area contributed by atoms with E-state index < -0.39 is 11.8 Å². The number of carbonyl (C=O) groups excluding carboxylic acids is 2. The van der Waals surface area contributed by atoms with E-state index in [2.05, 4.69) is 10.9 Å². The Balaban J connectivity index is 1.68. The molecule has 0 aliphatic heterocycles. The Morgan fingerprint density at radius 2 is 1.33 bits per heavy atom. The van der Waals surface area contributed by atoms with E-state index in [0.717, 1.165) is 22.1 Å². The van der Waals surface area contributed by atoms with Crippen LogP contribution in [0.2, 0.25) is 0 Å². The van der Waals surface area contributed by atoms with Crippen molar-refractivity contribution in [2.45, 2.75) is 12.8 Å². The molecule has 7 heteroatoms. The van der Waals surface area contributed by atoms with Crippen LogP contribution in [-0.2, 0) is 4.79 Å². The normalized spacial score (nSPS) is 11.5. The van der Waals surface area contributed by atoms with E-state index in [1.165, 1.54) is 14.2 Å². The van der Waals surface area contributed by atoms with E-state index in [1.807, 2.05) is 36.4 Å². The molecule has 0 radical (unpaired) electrons. The Hall–Kier alpha value is -3.74. The molecule has 2 amide bonds. The van der Waals surface area contributed by atoms with Crippen LogP contribution >= 0.6 is 0 Å². The summed E-state index contributed by atoms with van der Waals surface area (Å²) < 4.78 is 15.6. The number of carbonyl (C=O) groups is 2. The summed E-state index contributed by atoms with van der Waals surface area (Å²) in [5.74, 6) is 0.470. The van der Waals surface area contributed by atoms with Gasteiger partial charge >= 0.3 is 0 Å². The third-order valence-electron chi connectivity index (χ3n) is 4.88. The van der Waals surface area contributed by atoms with Gasteiger partial charge in [0.25, 0.3) is 5.91 Å². The highest BCUT2D eigenvalue weighted by Crippen LogP contribution is 2.25. The molecule has 3 aromatic carbocycles. The molecule has 0 unspecified atom stereocenters. The van der Waals surface area contributed by atoms with Gasteiger partial charge in [-0.25, -0.2) is 0 Å². The number of ether oxygens (including phenoxy) is 3. The van der Waals surface area contributed by atoms with E-state index in [4.69, 9.17) is 14.2 Å². The molecule has 0 heterocycles. The largest absolute Gasteiger partial charge is 0.497 e. The first kappa shape index (κ1) is 21.0. The minimum Gasteiger partial charge on any atom is -0.497 e. The number of fused-ring (bicyclic) bond motifs is 1. The summed E-state index contributed by atoms with van der Waals surface area (Å²) in [5.41, 5.74) is 6.06. The molecule has 0 fully saturated rings. The molecule has 30 heavy (non-hydrogen) atoms. The summed E-state index contributed by atoms with van der Waals surface area (Å²) in [7, 11) is 4.62. The lowest BCUT2D eigenvalue weighted by Crippen LogP contribution is -2.43. The van der Waals surface area contributed by atoms with E-state index in [0.29, 0.717) is 17.1 Å². The van der Waals surface area contributed by atoms with Gasteiger partial charge in [0.05, 0.1) is 27.2 Å². The van der Waals surface area contributed by atoms with E-state index in [9.17, 15) is 9.59 Å². The van der Waals surface area contributed by atoms with Crippen LogP contribution in [0.25, 0.3) is 10.8 Å². The molecule has 0 saturated carbocycles. The molecule has 0 aromatic heterocycles. The molecule has 2 N–H and O–H groups in total. The van der Waals surface area contributed by atoms with Crippen LogP contribution in [-0.4, -0.2) is 33.1 Å². The van der Waals surface area contributed by atoms with Gasteiger partial charge in [0.15, 0.2) is 0 Å². The zero-order valence-electron chi connectivity index (χ0n) is 17.3. The zero-order valence-corrected chi connectivity index (χ0v) is 17.3. The van der Waals surface area contributed by atoms with Crippen molar-refractivity contribution in [3.05, 3.63) is 65.7 Å². The van der Waals surface area contributed by atoms with Crippen molar-refractivity contribution in [1.82, 2.24) is 10.9 Å². The Labute approximate surface area is 174 Å². The van der Waals surface area contributed by atoms with Crippen LogP contribution in [0.4, 0.5) is 0 Å². The lowest BCUT2D eigenvalue weighted by Gasteiger charge is -2.15. The summed E-state index contributed by atoms with van der Waals surface area (Å²) in [5, 5.41) is 2.02. The second-order valence-electron chi connectivity index (χ2n) is 6.74. The van der Waals surface area contributed by atoms with Crippen LogP contribution in [0.1, 0.15) is 28.8 Å². The number of rotatable bonds is 6.